The van der Waals surface area contributed by atoms with Crippen molar-refractivity contribution in [1.82, 2.24) is 4.90 Å². The number of carbonyl (C=O) groups excluding carboxylic acids is 1. The molecule has 8 heteroatoms. The molecule has 4 nitrogen and oxygen atoms in total. The Morgan fingerprint density at radius 3 is 2.39 bits per heavy atom. The first-order valence-electron chi connectivity index (χ1n) is 5.44. The summed E-state index contributed by atoms with van der Waals surface area (Å²) in [5, 5.41) is 0. The van der Waals surface area contributed by atoms with Gasteiger partial charge in [0.1, 0.15) is 5.92 Å². The molecule has 0 aromatic heterocycles. The smallest absolute Gasteiger partial charge is 0.393 e. The Morgan fingerprint density at radius 2 is 2.06 bits per heavy atom. The summed E-state index contributed by atoms with van der Waals surface area (Å²) in [4.78, 5) is 12.2. The van der Waals surface area contributed by atoms with E-state index in [2.05, 4.69) is 12.2 Å². The van der Waals surface area contributed by atoms with Gasteiger partial charge in [-0.05, 0) is 19.9 Å². The number of amides is 1. The molecule has 1 amide bonds. The van der Waals surface area contributed by atoms with Crippen LogP contribution in [0.4, 0.5) is 13.2 Å². The van der Waals surface area contributed by atoms with Crippen molar-refractivity contribution in [2.75, 3.05) is 19.6 Å². The Balaban J connectivity index is 2.69. The molecule has 2 atom stereocenters. The van der Waals surface area contributed by atoms with Gasteiger partial charge in [0.15, 0.2) is 0 Å². The molecule has 0 spiro atoms. The molecular formula is C10H16F3N3OS. The summed E-state index contributed by atoms with van der Waals surface area (Å²) in [6.07, 6.45) is -4.01. The lowest BCUT2D eigenvalue weighted by atomic mass is 9.89. The van der Waals surface area contributed by atoms with Gasteiger partial charge in [-0.2, -0.15) is 13.2 Å². The number of primary amides is 1. The predicted octanol–water partition coefficient (Wildman–Crippen LogP) is 0.648. The minimum Gasteiger partial charge on any atom is -0.393 e. The van der Waals surface area contributed by atoms with Gasteiger partial charge in [0.05, 0.1) is 10.4 Å². The average Bonchev–Trinajstić information content (AvgIpc) is 2.56. The normalized spacial score (nSPS) is 27.1. The molecule has 0 aromatic rings. The largest absolute Gasteiger partial charge is 0.399 e. The lowest BCUT2D eigenvalue weighted by molar-refractivity contribution is -0.158. The Kier molecular flexibility index (Phi) is 4.22. The first kappa shape index (κ1) is 15.2. The van der Waals surface area contributed by atoms with Crippen molar-refractivity contribution in [1.29, 1.82) is 0 Å². The van der Waals surface area contributed by atoms with Crippen LogP contribution in [-0.2, 0) is 4.79 Å². The number of carbonyl (C=O) groups is 1. The van der Waals surface area contributed by atoms with Gasteiger partial charge in [-0.3, -0.25) is 4.79 Å². The van der Waals surface area contributed by atoms with Gasteiger partial charge in [-0.1, -0.05) is 12.2 Å². The molecular weight excluding hydrogens is 267 g/mol. The second-order valence-electron chi connectivity index (χ2n) is 4.91. The van der Waals surface area contributed by atoms with E-state index < -0.39 is 28.4 Å². The lowest BCUT2D eigenvalue weighted by Gasteiger charge is -2.26. The Morgan fingerprint density at radius 1 is 1.50 bits per heavy atom. The number of hydrogen-bond acceptors (Lipinski definition) is 3. The van der Waals surface area contributed by atoms with Gasteiger partial charge in [0.25, 0.3) is 0 Å². The van der Waals surface area contributed by atoms with Crippen LogP contribution in [0.2, 0.25) is 0 Å². The van der Waals surface area contributed by atoms with Gasteiger partial charge >= 0.3 is 6.18 Å². The molecule has 2 unspecified atom stereocenters. The van der Waals surface area contributed by atoms with Crippen molar-refractivity contribution in [2.24, 2.45) is 22.8 Å². The van der Waals surface area contributed by atoms with Crippen LogP contribution >= 0.6 is 12.2 Å². The fraction of sp³-hybridized carbons (Fsp3) is 0.800. The Labute approximate surface area is 108 Å². The van der Waals surface area contributed by atoms with Crippen molar-refractivity contribution in [3.8, 4) is 0 Å². The molecule has 0 radical (unpaired) electrons. The van der Waals surface area contributed by atoms with Crippen molar-refractivity contribution in [2.45, 2.75) is 19.5 Å². The number of halogens is 3. The molecule has 1 aliphatic heterocycles. The van der Waals surface area contributed by atoms with E-state index in [0.29, 0.717) is 13.0 Å². The van der Waals surface area contributed by atoms with E-state index in [1.54, 1.807) is 6.92 Å². The molecule has 1 aliphatic rings. The lowest BCUT2D eigenvalue weighted by Crippen LogP contribution is -2.44. The summed E-state index contributed by atoms with van der Waals surface area (Å²) < 4.78 is 38.1. The summed E-state index contributed by atoms with van der Waals surface area (Å²) in [5.74, 6) is -2.34. The van der Waals surface area contributed by atoms with Crippen molar-refractivity contribution < 1.29 is 18.0 Å². The SMILES string of the molecule is CC1(C(N)=O)CCN(CC(C(N)=S)C(F)(F)F)C1. The molecule has 0 aromatic carbocycles. The van der Waals surface area contributed by atoms with Crippen molar-refractivity contribution in [3.05, 3.63) is 0 Å². The van der Waals surface area contributed by atoms with E-state index in [1.165, 1.54) is 4.90 Å². The maximum atomic E-state index is 12.7. The first-order chi connectivity index (χ1) is 8.06. The number of alkyl halides is 3. The first-order valence-corrected chi connectivity index (χ1v) is 5.85. The van der Waals surface area contributed by atoms with Crippen LogP contribution < -0.4 is 11.5 Å². The van der Waals surface area contributed by atoms with Crippen LogP contribution in [0.25, 0.3) is 0 Å². The Bertz CT molecular complexity index is 361. The van der Waals surface area contributed by atoms with Gasteiger partial charge < -0.3 is 16.4 Å². The van der Waals surface area contributed by atoms with Gasteiger partial charge in [-0.25, -0.2) is 0 Å². The molecule has 104 valence electrons. The summed E-state index contributed by atoms with van der Waals surface area (Å²) in [7, 11) is 0. The number of nitrogens with zero attached hydrogens (tertiary/aromatic N) is 1. The van der Waals surface area contributed by atoms with E-state index >= 15 is 0 Å². The quantitative estimate of drug-likeness (QED) is 0.743. The minimum atomic E-state index is -4.46. The third-order valence-electron chi connectivity index (χ3n) is 3.33. The summed E-state index contributed by atoms with van der Waals surface area (Å²) >= 11 is 4.45. The zero-order chi connectivity index (χ0) is 14.1. The summed E-state index contributed by atoms with van der Waals surface area (Å²) in [6, 6.07) is 0. The molecule has 1 rings (SSSR count). The van der Waals surface area contributed by atoms with Crippen LogP contribution in [0, 0.1) is 11.3 Å². The van der Waals surface area contributed by atoms with Crippen LogP contribution in [0.5, 0.6) is 0 Å². The Hall–Kier alpha value is -0.890. The predicted molar refractivity (Wildman–Crippen MR) is 64.7 cm³/mol. The number of thiocarbonyl (C=S) groups is 1. The monoisotopic (exact) mass is 283 g/mol. The second kappa shape index (κ2) is 5.00. The maximum absolute atomic E-state index is 12.7. The van der Waals surface area contributed by atoms with Gasteiger partial charge in [0, 0.05) is 13.1 Å². The van der Waals surface area contributed by atoms with Gasteiger partial charge in [-0.15, -0.1) is 0 Å². The van der Waals surface area contributed by atoms with Crippen molar-refractivity contribution >= 4 is 23.1 Å². The standard InChI is InChI=1S/C10H16F3N3OS/c1-9(8(15)17)2-3-16(5-9)4-6(7(14)18)10(11,12)13/h6H,2-5H2,1H3,(H2,14,18)(H2,15,17). The van der Waals surface area contributed by atoms with Gasteiger partial charge in [0.2, 0.25) is 5.91 Å². The molecule has 0 bridgehead atoms. The van der Waals surface area contributed by atoms with E-state index in [1.807, 2.05) is 0 Å². The number of rotatable bonds is 4. The summed E-state index contributed by atoms with van der Waals surface area (Å²) in [6.45, 7) is 1.92. The number of likely N-dealkylation sites (tertiary alicyclic amines) is 1. The van der Waals surface area contributed by atoms with Crippen LogP contribution in [0.3, 0.4) is 0 Å². The minimum absolute atomic E-state index is 0.206. The highest BCUT2D eigenvalue weighted by atomic mass is 32.1. The highest BCUT2D eigenvalue weighted by molar-refractivity contribution is 7.80. The number of hydrogen-bond donors (Lipinski definition) is 2. The van der Waals surface area contributed by atoms with Crippen molar-refractivity contribution in [3.63, 3.8) is 0 Å². The fourth-order valence-corrected chi connectivity index (χ4v) is 2.23. The zero-order valence-corrected chi connectivity index (χ0v) is 10.8. The highest BCUT2D eigenvalue weighted by Crippen LogP contribution is 2.33. The third-order valence-corrected chi connectivity index (χ3v) is 3.61. The van der Waals surface area contributed by atoms with E-state index in [9.17, 15) is 18.0 Å². The fourth-order valence-electron chi connectivity index (χ4n) is 2.03. The molecule has 1 heterocycles. The maximum Gasteiger partial charge on any atom is 0.399 e. The topological polar surface area (TPSA) is 72.4 Å². The molecule has 18 heavy (non-hydrogen) atoms. The average molecular weight is 283 g/mol. The zero-order valence-electron chi connectivity index (χ0n) is 9.96. The van der Waals surface area contributed by atoms with E-state index in [0.717, 1.165) is 0 Å². The number of nitrogens with two attached hydrogens (primary N) is 2. The van der Waals surface area contributed by atoms with Crippen LogP contribution in [0.1, 0.15) is 13.3 Å². The molecule has 4 N–H and O–H groups in total. The second-order valence-corrected chi connectivity index (χ2v) is 5.38. The van der Waals surface area contributed by atoms with Crippen LogP contribution in [-0.4, -0.2) is 41.6 Å². The van der Waals surface area contributed by atoms with E-state index in [4.69, 9.17) is 11.5 Å². The molecule has 1 fully saturated rings. The molecule has 1 saturated heterocycles. The summed E-state index contributed by atoms with van der Waals surface area (Å²) in [5.41, 5.74) is 9.58. The highest BCUT2D eigenvalue weighted by Gasteiger charge is 2.46. The molecule has 0 aliphatic carbocycles. The van der Waals surface area contributed by atoms with Crippen LogP contribution in [0.15, 0.2) is 0 Å². The van der Waals surface area contributed by atoms with E-state index in [-0.39, 0.29) is 13.1 Å². The third kappa shape index (κ3) is 3.32. The molecule has 0 saturated carbocycles.